The summed E-state index contributed by atoms with van der Waals surface area (Å²) in [4.78, 5) is 50.7. The number of imide groups is 1. The van der Waals surface area contributed by atoms with Crippen LogP contribution in [-0.4, -0.2) is 46.8 Å². The van der Waals surface area contributed by atoms with Crippen LogP contribution in [0.15, 0.2) is 18.2 Å². The maximum absolute atomic E-state index is 12.6. The van der Waals surface area contributed by atoms with Crippen molar-refractivity contribution < 1.29 is 23.9 Å². The summed E-state index contributed by atoms with van der Waals surface area (Å²) in [6.07, 6.45) is -0.277. The van der Waals surface area contributed by atoms with Crippen LogP contribution in [0.4, 0.5) is 0 Å². The van der Waals surface area contributed by atoms with Crippen LogP contribution < -0.4 is 5.32 Å². The molecule has 1 N–H and O–H groups in total. The molecule has 1 aromatic carbocycles. The Morgan fingerprint density at radius 2 is 1.68 bits per heavy atom. The van der Waals surface area contributed by atoms with Crippen molar-refractivity contribution in [2.75, 3.05) is 6.54 Å². The first kappa shape index (κ1) is 21.6. The first-order valence-corrected chi connectivity index (χ1v) is 9.44. The van der Waals surface area contributed by atoms with E-state index in [-0.39, 0.29) is 22.6 Å². The number of hydrogen-bond acceptors (Lipinski definition) is 5. The second-order valence-corrected chi connectivity index (χ2v) is 8.49. The van der Waals surface area contributed by atoms with E-state index in [0.717, 1.165) is 0 Å². The third-order valence-corrected chi connectivity index (χ3v) is 4.29. The molecule has 1 atom stereocenters. The lowest BCUT2D eigenvalue weighted by atomic mass is 10.1. The highest BCUT2D eigenvalue weighted by molar-refractivity contribution is 6.22. The van der Waals surface area contributed by atoms with Gasteiger partial charge in [-0.05, 0) is 58.2 Å². The van der Waals surface area contributed by atoms with E-state index >= 15 is 0 Å². The molecule has 1 aromatic rings. The third kappa shape index (κ3) is 4.97. The third-order valence-electron chi connectivity index (χ3n) is 4.29. The van der Waals surface area contributed by atoms with Crippen LogP contribution in [0.1, 0.15) is 79.0 Å². The number of fused-ring (bicyclic) bond motifs is 1. The Labute approximate surface area is 165 Å². The molecule has 0 aromatic heterocycles. The average Bonchev–Trinajstić information content (AvgIpc) is 2.81. The van der Waals surface area contributed by atoms with Crippen LogP contribution in [0.2, 0.25) is 0 Å². The van der Waals surface area contributed by atoms with E-state index in [2.05, 4.69) is 5.32 Å². The summed E-state index contributed by atoms with van der Waals surface area (Å²) in [6, 6.07) is 4.26. The molecule has 152 valence electrons. The molecular formula is C21H28N2O5. The standard InChI is InChI=1S/C21H28N2O5/c1-12(2)9-10-23-18(25)15-8-7-14(11-16(15)19(23)26)20(27)28-13(3)17(24)22-21(4,5)6/h7-8,11-13H,9-10H2,1-6H3,(H,22,24)/t13-/m0/s1. The van der Waals surface area contributed by atoms with Crippen LogP contribution in [0.3, 0.4) is 0 Å². The number of rotatable bonds is 6. The summed E-state index contributed by atoms with van der Waals surface area (Å²) in [5.41, 5.74) is 0.150. The van der Waals surface area contributed by atoms with Crippen molar-refractivity contribution in [1.29, 1.82) is 0 Å². The van der Waals surface area contributed by atoms with E-state index in [0.29, 0.717) is 18.9 Å². The number of amides is 3. The number of nitrogens with one attached hydrogen (secondary N) is 1. The van der Waals surface area contributed by atoms with Gasteiger partial charge in [0.05, 0.1) is 16.7 Å². The van der Waals surface area contributed by atoms with Gasteiger partial charge in [-0.15, -0.1) is 0 Å². The van der Waals surface area contributed by atoms with Crippen molar-refractivity contribution in [2.45, 2.75) is 59.6 Å². The normalized spacial score (nSPS) is 14.9. The lowest BCUT2D eigenvalue weighted by molar-refractivity contribution is -0.130. The summed E-state index contributed by atoms with van der Waals surface area (Å²) in [5, 5.41) is 2.74. The molecule has 0 saturated heterocycles. The summed E-state index contributed by atoms with van der Waals surface area (Å²) in [6.45, 7) is 11.3. The van der Waals surface area contributed by atoms with Gasteiger partial charge in [0, 0.05) is 12.1 Å². The Balaban J connectivity index is 2.12. The minimum Gasteiger partial charge on any atom is -0.449 e. The quantitative estimate of drug-likeness (QED) is 0.597. The second kappa shape index (κ2) is 8.12. The molecule has 1 heterocycles. The van der Waals surface area contributed by atoms with Crippen molar-refractivity contribution in [3.8, 4) is 0 Å². The van der Waals surface area contributed by atoms with E-state index in [9.17, 15) is 19.2 Å². The van der Waals surface area contributed by atoms with Gasteiger partial charge in [0.15, 0.2) is 6.10 Å². The van der Waals surface area contributed by atoms with Gasteiger partial charge in [0.25, 0.3) is 17.7 Å². The highest BCUT2D eigenvalue weighted by Crippen LogP contribution is 2.25. The van der Waals surface area contributed by atoms with E-state index in [1.54, 1.807) is 0 Å². The molecule has 0 saturated carbocycles. The zero-order chi connectivity index (χ0) is 21.2. The Morgan fingerprint density at radius 3 is 2.25 bits per heavy atom. The lowest BCUT2D eigenvalue weighted by Gasteiger charge is -2.23. The molecular weight excluding hydrogens is 360 g/mol. The van der Waals surface area contributed by atoms with Crippen molar-refractivity contribution in [1.82, 2.24) is 10.2 Å². The van der Waals surface area contributed by atoms with Crippen molar-refractivity contribution in [3.63, 3.8) is 0 Å². The molecule has 1 aliphatic rings. The Bertz CT molecular complexity index is 808. The zero-order valence-electron chi connectivity index (χ0n) is 17.3. The SMILES string of the molecule is CC(C)CCN1C(=O)c2ccc(C(=O)O[C@@H](C)C(=O)NC(C)(C)C)cc2C1=O. The molecule has 2 rings (SSSR count). The number of benzene rings is 1. The summed E-state index contributed by atoms with van der Waals surface area (Å²) in [7, 11) is 0. The molecule has 7 nitrogen and oxygen atoms in total. The van der Waals surface area contributed by atoms with Gasteiger partial charge in [-0.25, -0.2) is 4.79 Å². The predicted octanol–water partition coefficient (Wildman–Crippen LogP) is 2.79. The summed E-state index contributed by atoms with van der Waals surface area (Å²) in [5.74, 6) is -1.53. The highest BCUT2D eigenvalue weighted by atomic mass is 16.5. The van der Waals surface area contributed by atoms with Gasteiger partial charge in [0.1, 0.15) is 0 Å². The molecule has 0 spiro atoms. The average molecular weight is 388 g/mol. The fraction of sp³-hybridized carbons (Fsp3) is 0.524. The molecule has 7 heteroatoms. The van der Waals surface area contributed by atoms with E-state index < -0.39 is 29.4 Å². The van der Waals surface area contributed by atoms with Crippen LogP contribution >= 0.6 is 0 Å². The number of hydrogen-bond donors (Lipinski definition) is 1. The van der Waals surface area contributed by atoms with Gasteiger partial charge in [-0.3, -0.25) is 19.3 Å². The molecule has 1 aliphatic heterocycles. The summed E-state index contributed by atoms with van der Waals surface area (Å²) >= 11 is 0. The molecule has 0 fully saturated rings. The topological polar surface area (TPSA) is 92.8 Å². The number of carbonyl (C=O) groups excluding carboxylic acids is 4. The van der Waals surface area contributed by atoms with Crippen molar-refractivity contribution in [3.05, 3.63) is 34.9 Å². The van der Waals surface area contributed by atoms with Gasteiger partial charge in [-0.2, -0.15) is 0 Å². The van der Waals surface area contributed by atoms with Crippen LogP contribution in [0.5, 0.6) is 0 Å². The van der Waals surface area contributed by atoms with E-state index in [1.807, 2.05) is 34.6 Å². The fourth-order valence-electron chi connectivity index (χ4n) is 2.76. The van der Waals surface area contributed by atoms with Crippen LogP contribution in [0, 0.1) is 5.92 Å². The monoisotopic (exact) mass is 388 g/mol. The molecule has 0 aliphatic carbocycles. The minimum atomic E-state index is -0.986. The van der Waals surface area contributed by atoms with Gasteiger partial charge < -0.3 is 10.1 Å². The zero-order valence-corrected chi connectivity index (χ0v) is 17.3. The number of carbonyl (C=O) groups is 4. The van der Waals surface area contributed by atoms with Gasteiger partial charge in [-0.1, -0.05) is 13.8 Å². The number of nitrogens with zero attached hydrogens (tertiary/aromatic N) is 1. The first-order valence-electron chi connectivity index (χ1n) is 9.44. The Morgan fingerprint density at radius 1 is 1.07 bits per heavy atom. The Kier molecular flexibility index (Phi) is 6.27. The maximum Gasteiger partial charge on any atom is 0.338 e. The Hall–Kier alpha value is -2.70. The molecule has 0 unspecified atom stereocenters. The highest BCUT2D eigenvalue weighted by Gasteiger charge is 2.36. The number of esters is 1. The smallest absolute Gasteiger partial charge is 0.338 e. The minimum absolute atomic E-state index is 0.126. The van der Waals surface area contributed by atoms with Gasteiger partial charge in [0.2, 0.25) is 0 Å². The molecule has 0 bridgehead atoms. The van der Waals surface area contributed by atoms with Crippen molar-refractivity contribution in [2.24, 2.45) is 5.92 Å². The molecule has 28 heavy (non-hydrogen) atoms. The van der Waals surface area contributed by atoms with Crippen molar-refractivity contribution >= 4 is 23.7 Å². The predicted molar refractivity (Wildman–Crippen MR) is 104 cm³/mol. The number of ether oxygens (including phenoxy) is 1. The van der Waals surface area contributed by atoms with Crippen LogP contribution in [-0.2, 0) is 9.53 Å². The van der Waals surface area contributed by atoms with E-state index in [1.165, 1.54) is 30.0 Å². The first-order chi connectivity index (χ1) is 12.9. The second-order valence-electron chi connectivity index (χ2n) is 8.49. The van der Waals surface area contributed by atoms with Gasteiger partial charge >= 0.3 is 5.97 Å². The fourth-order valence-corrected chi connectivity index (χ4v) is 2.76. The maximum atomic E-state index is 12.6. The lowest BCUT2D eigenvalue weighted by Crippen LogP contribution is -2.46. The largest absolute Gasteiger partial charge is 0.449 e. The molecule has 0 radical (unpaired) electrons. The summed E-state index contributed by atoms with van der Waals surface area (Å²) < 4.78 is 5.21. The van der Waals surface area contributed by atoms with E-state index in [4.69, 9.17) is 4.74 Å². The van der Waals surface area contributed by atoms with Crippen LogP contribution in [0.25, 0.3) is 0 Å². The molecule has 3 amide bonds.